The maximum atomic E-state index is 12.6. The van der Waals surface area contributed by atoms with E-state index in [1.54, 1.807) is 4.90 Å². The van der Waals surface area contributed by atoms with Gasteiger partial charge in [-0.15, -0.1) is 0 Å². The van der Waals surface area contributed by atoms with Gasteiger partial charge in [-0.3, -0.25) is 4.79 Å². The number of benzene rings is 1. The number of piperazine rings is 1. The number of likely N-dealkylation sites (tertiary alicyclic amines) is 1. The fourth-order valence-electron chi connectivity index (χ4n) is 3.63. The number of carbonyl (C=O) groups is 2. The van der Waals surface area contributed by atoms with Crippen molar-refractivity contribution in [3.8, 4) is 0 Å². The van der Waals surface area contributed by atoms with E-state index >= 15 is 0 Å². The molecule has 0 atom stereocenters. The Labute approximate surface area is 149 Å². The lowest BCUT2D eigenvalue weighted by Gasteiger charge is -2.37. The van der Waals surface area contributed by atoms with E-state index < -0.39 is 0 Å². The van der Waals surface area contributed by atoms with Crippen molar-refractivity contribution >= 4 is 11.9 Å². The van der Waals surface area contributed by atoms with Crippen molar-refractivity contribution in [2.45, 2.75) is 19.4 Å². The van der Waals surface area contributed by atoms with Gasteiger partial charge in [-0.1, -0.05) is 30.3 Å². The summed E-state index contributed by atoms with van der Waals surface area (Å²) in [5, 5.41) is 3.27. The van der Waals surface area contributed by atoms with Crippen molar-refractivity contribution in [1.29, 1.82) is 0 Å². The minimum atomic E-state index is 0.0527. The molecule has 3 rings (SSSR count). The predicted molar refractivity (Wildman–Crippen MR) is 97.1 cm³/mol. The van der Waals surface area contributed by atoms with Crippen LogP contribution in [0.15, 0.2) is 30.3 Å². The van der Waals surface area contributed by atoms with E-state index in [-0.39, 0.29) is 17.9 Å². The quantitative estimate of drug-likeness (QED) is 0.901. The summed E-state index contributed by atoms with van der Waals surface area (Å²) in [6.45, 7) is 5.32. The van der Waals surface area contributed by atoms with Crippen LogP contribution in [0.5, 0.6) is 0 Å². The van der Waals surface area contributed by atoms with Crippen LogP contribution in [0.3, 0.4) is 0 Å². The highest BCUT2D eigenvalue weighted by molar-refractivity contribution is 5.80. The second-order valence-corrected chi connectivity index (χ2v) is 6.96. The maximum absolute atomic E-state index is 12.6. The first-order valence-electron chi connectivity index (χ1n) is 9.18. The van der Waals surface area contributed by atoms with Gasteiger partial charge in [0, 0.05) is 58.8 Å². The third-order valence-electron chi connectivity index (χ3n) is 5.13. The van der Waals surface area contributed by atoms with Crippen LogP contribution in [0.4, 0.5) is 4.79 Å². The van der Waals surface area contributed by atoms with Gasteiger partial charge in [0.1, 0.15) is 0 Å². The van der Waals surface area contributed by atoms with E-state index in [1.807, 2.05) is 47.2 Å². The van der Waals surface area contributed by atoms with E-state index in [1.165, 1.54) is 0 Å². The van der Waals surface area contributed by atoms with Crippen molar-refractivity contribution in [2.24, 2.45) is 5.92 Å². The Balaban J connectivity index is 1.47. The second-order valence-electron chi connectivity index (χ2n) is 6.96. The summed E-state index contributed by atoms with van der Waals surface area (Å²) in [4.78, 5) is 30.8. The largest absolute Gasteiger partial charge is 0.340 e. The number of carbonyl (C=O) groups excluding carboxylic acids is 2. The van der Waals surface area contributed by atoms with Gasteiger partial charge in [-0.25, -0.2) is 4.79 Å². The first-order chi connectivity index (χ1) is 12.1. The highest BCUT2D eigenvalue weighted by Crippen LogP contribution is 2.21. The van der Waals surface area contributed by atoms with Gasteiger partial charge in [0.25, 0.3) is 0 Å². The Morgan fingerprint density at radius 3 is 2.32 bits per heavy atom. The fourth-order valence-corrected chi connectivity index (χ4v) is 3.63. The number of hydrogen-bond donors (Lipinski definition) is 1. The molecular weight excluding hydrogens is 316 g/mol. The Bertz CT molecular complexity index is 578. The van der Waals surface area contributed by atoms with Crippen LogP contribution in [-0.4, -0.2) is 73.0 Å². The van der Waals surface area contributed by atoms with E-state index in [4.69, 9.17) is 0 Å². The van der Waals surface area contributed by atoms with Gasteiger partial charge in [-0.05, 0) is 18.4 Å². The number of nitrogens with zero attached hydrogens (tertiary/aromatic N) is 3. The number of urea groups is 1. The van der Waals surface area contributed by atoms with Crippen molar-refractivity contribution < 1.29 is 9.59 Å². The van der Waals surface area contributed by atoms with E-state index in [0.29, 0.717) is 19.6 Å². The summed E-state index contributed by atoms with van der Waals surface area (Å²) < 4.78 is 0. The minimum absolute atomic E-state index is 0.0527. The molecule has 25 heavy (non-hydrogen) atoms. The van der Waals surface area contributed by atoms with Gasteiger partial charge in [0.15, 0.2) is 0 Å². The predicted octanol–water partition coefficient (Wildman–Crippen LogP) is 1.38. The minimum Gasteiger partial charge on any atom is -0.340 e. The second kappa shape index (κ2) is 8.34. The first-order valence-corrected chi connectivity index (χ1v) is 9.18. The zero-order chi connectivity index (χ0) is 17.6. The van der Waals surface area contributed by atoms with Gasteiger partial charge in [0.05, 0.1) is 0 Å². The number of amides is 3. The number of nitrogens with one attached hydrogen (secondary N) is 1. The van der Waals surface area contributed by atoms with E-state index in [0.717, 1.165) is 44.6 Å². The molecule has 1 N–H and O–H groups in total. The molecule has 6 nitrogen and oxygen atoms in total. The summed E-state index contributed by atoms with van der Waals surface area (Å²) in [6.07, 6.45) is 1.54. The van der Waals surface area contributed by atoms with Gasteiger partial charge in [-0.2, -0.15) is 0 Å². The van der Waals surface area contributed by atoms with Crippen molar-refractivity contribution in [1.82, 2.24) is 20.0 Å². The lowest BCUT2D eigenvalue weighted by molar-refractivity contribution is -0.137. The number of piperidine rings is 1. The molecule has 2 fully saturated rings. The molecule has 0 radical (unpaired) electrons. The van der Waals surface area contributed by atoms with Gasteiger partial charge < -0.3 is 20.0 Å². The van der Waals surface area contributed by atoms with Crippen molar-refractivity contribution in [3.05, 3.63) is 35.9 Å². The first kappa shape index (κ1) is 17.7. The molecule has 2 aliphatic rings. The standard InChI is InChI=1S/C19H28N4O2/c1-21(15-16-5-3-2-4-6-16)19(25)23-11-7-17(8-12-23)18(24)22-13-9-20-10-14-22/h2-6,17,20H,7-15H2,1H3. The topological polar surface area (TPSA) is 55.9 Å². The van der Waals surface area contributed by atoms with Crippen LogP contribution in [0, 0.1) is 5.92 Å². The van der Waals surface area contributed by atoms with Crippen LogP contribution >= 0.6 is 0 Å². The molecule has 0 spiro atoms. The average molecular weight is 344 g/mol. The number of rotatable bonds is 3. The molecule has 2 aliphatic heterocycles. The molecule has 1 aromatic carbocycles. The Hall–Kier alpha value is -2.08. The molecule has 0 saturated carbocycles. The third-order valence-corrected chi connectivity index (χ3v) is 5.13. The molecular formula is C19H28N4O2. The SMILES string of the molecule is CN(Cc1ccccc1)C(=O)N1CCC(C(=O)N2CCNCC2)CC1. The zero-order valence-electron chi connectivity index (χ0n) is 15.0. The molecule has 6 heteroatoms. The molecule has 2 saturated heterocycles. The van der Waals surface area contributed by atoms with Gasteiger partial charge in [0.2, 0.25) is 5.91 Å². The fraction of sp³-hybridized carbons (Fsp3) is 0.579. The zero-order valence-corrected chi connectivity index (χ0v) is 15.0. The van der Waals surface area contributed by atoms with Gasteiger partial charge >= 0.3 is 6.03 Å². The monoisotopic (exact) mass is 344 g/mol. The summed E-state index contributed by atoms with van der Waals surface area (Å²) in [5.74, 6) is 0.341. The average Bonchev–Trinajstić information content (AvgIpc) is 2.68. The lowest BCUT2D eigenvalue weighted by Crippen LogP contribution is -2.51. The molecule has 2 heterocycles. The van der Waals surface area contributed by atoms with Crippen LogP contribution in [0.25, 0.3) is 0 Å². The summed E-state index contributed by atoms with van der Waals surface area (Å²) in [5.41, 5.74) is 1.13. The molecule has 0 aliphatic carbocycles. The lowest BCUT2D eigenvalue weighted by atomic mass is 9.95. The van der Waals surface area contributed by atoms with E-state index in [9.17, 15) is 9.59 Å². The van der Waals surface area contributed by atoms with Crippen LogP contribution < -0.4 is 5.32 Å². The third kappa shape index (κ3) is 4.51. The van der Waals surface area contributed by atoms with E-state index in [2.05, 4.69) is 5.32 Å². The summed E-state index contributed by atoms with van der Waals surface area (Å²) >= 11 is 0. The molecule has 0 bridgehead atoms. The molecule has 136 valence electrons. The summed E-state index contributed by atoms with van der Waals surface area (Å²) in [7, 11) is 1.84. The van der Waals surface area contributed by atoms with Crippen LogP contribution in [0.2, 0.25) is 0 Å². The smallest absolute Gasteiger partial charge is 0.320 e. The Morgan fingerprint density at radius 1 is 1.04 bits per heavy atom. The Kier molecular flexibility index (Phi) is 5.91. The van der Waals surface area contributed by atoms with Crippen molar-refractivity contribution in [3.63, 3.8) is 0 Å². The summed E-state index contributed by atoms with van der Waals surface area (Å²) in [6, 6.07) is 10.1. The molecule has 0 unspecified atom stereocenters. The van der Waals surface area contributed by atoms with Crippen LogP contribution in [-0.2, 0) is 11.3 Å². The molecule has 0 aromatic heterocycles. The number of hydrogen-bond acceptors (Lipinski definition) is 3. The Morgan fingerprint density at radius 2 is 1.68 bits per heavy atom. The van der Waals surface area contributed by atoms with Crippen molar-refractivity contribution in [2.75, 3.05) is 46.3 Å². The molecule has 1 aromatic rings. The normalized spacial score (nSPS) is 18.9. The molecule has 3 amide bonds. The highest BCUT2D eigenvalue weighted by Gasteiger charge is 2.31. The van der Waals surface area contributed by atoms with Crippen LogP contribution in [0.1, 0.15) is 18.4 Å². The maximum Gasteiger partial charge on any atom is 0.320 e. The highest BCUT2D eigenvalue weighted by atomic mass is 16.2.